The van der Waals surface area contributed by atoms with Gasteiger partial charge in [0, 0.05) is 31.7 Å². The van der Waals surface area contributed by atoms with E-state index in [1.165, 1.54) is 6.92 Å². The first kappa shape index (κ1) is 22.2. The molecule has 28 heavy (non-hydrogen) atoms. The lowest BCUT2D eigenvalue weighted by Crippen LogP contribution is -2.45. The lowest BCUT2D eigenvalue weighted by molar-refractivity contribution is -0.137. The number of hydrogen-bond donors (Lipinski definition) is 3. The molecule has 1 aliphatic rings. The monoisotopic (exact) mass is 401 g/mol. The van der Waals surface area contributed by atoms with Crippen molar-refractivity contribution in [1.82, 2.24) is 10.2 Å². The molecule has 0 saturated carbocycles. The number of halogens is 3. The highest BCUT2D eigenvalue weighted by molar-refractivity contribution is 5.96. The van der Waals surface area contributed by atoms with Crippen LogP contribution in [-0.4, -0.2) is 53.6 Å². The first-order valence-corrected chi connectivity index (χ1v) is 9.29. The number of benzene rings is 1. The van der Waals surface area contributed by atoms with E-state index in [1.54, 1.807) is 4.90 Å². The van der Waals surface area contributed by atoms with Crippen LogP contribution in [0.15, 0.2) is 12.1 Å². The fourth-order valence-electron chi connectivity index (χ4n) is 3.29. The minimum atomic E-state index is -1.24. The zero-order valence-corrected chi connectivity index (χ0v) is 15.8. The van der Waals surface area contributed by atoms with Gasteiger partial charge in [0.25, 0.3) is 0 Å². The van der Waals surface area contributed by atoms with Gasteiger partial charge in [-0.2, -0.15) is 0 Å². The highest BCUT2D eigenvalue weighted by atomic mass is 19.2. The number of piperidine rings is 1. The maximum Gasteiger partial charge on any atom is 0.232 e. The Labute approximate surface area is 161 Å². The predicted octanol–water partition coefficient (Wildman–Crippen LogP) is 1.10. The van der Waals surface area contributed by atoms with Gasteiger partial charge in [0.1, 0.15) is 12.2 Å². The van der Waals surface area contributed by atoms with Crippen molar-refractivity contribution < 1.29 is 27.9 Å². The van der Waals surface area contributed by atoms with Crippen LogP contribution < -0.4 is 11.1 Å². The maximum atomic E-state index is 13.8. The molecule has 1 aromatic carbocycles. The molecule has 1 aliphatic heterocycles. The van der Waals surface area contributed by atoms with E-state index in [2.05, 4.69) is 5.32 Å². The van der Waals surface area contributed by atoms with Gasteiger partial charge >= 0.3 is 0 Å². The van der Waals surface area contributed by atoms with Crippen molar-refractivity contribution in [2.45, 2.75) is 44.8 Å². The number of rotatable bonds is 7. The lowest BCUT2D eigenvalue weighted by atomic mass is 9.86. The van der Waals surface area contributed by atoms with Crippen LogP contribution in [0.1, 0.15) is 31.7 Å². The SMILES string of the molecule is CC(O)CNC(=O)CC(=O)N1CCC(C(N)Cc2cc(F)c(F)cc2F)CC1. The normalized spacial score (nSPS) is 17.3. The number of amides is 2. The number of nitrogens with zero attached hydrogens (tertiary/aromatic N) is 1. The van der Waals surface area contributed by atoms with E-state index in [0.29, 0.717) is 32.0 Å². The molecule has 2 atom stereocenters. The van der Waals surface area contributed by atoms with Crippen molar-refractivity contribution in [3.8, 4) is 0 Å². The molecule has 1 saturated heterocycles. The first-order valence-electron chi connectivity index (χ1n) is 9.29. The fraction of sp³-hybridized carbons (Fsp3) is 0.579. The molecule has 0 bridgehead atoms. The van der Waals surface area contributed by atoms with E-state index in [1.807, 2.05) is 0 Å². The molecule has 4 N–H and O–H groups in total. The summed E-state index contributed by atoms with van der Waals surface area (Å²) in [6.07, 6.45) is 0.254. The molecule has 6 nitrogen and oxygen atoms in total. The number of aliphatic hydroxyl groups excluding tert-OH is 1. The molecule has 156 valence electrons. The Balaban J connectivity index is 1.82. The number of nitrogens with two attached hydrogens (primary N) is 1. The third kappa shape index (κ3) is 6.20. The quantitative estimate of drug-likeness (QED) is 0.471. The van der Waals surface area contributed by atoms with Gasteiger partial charge in [-0.05, 0) is 43.7 Å². The lowest BCUT2D eigenvalue weighted by Gasteiger charge is -2.35. The van der Waals surface area contributed by atoms with Crippen molar-refractivity contribution in [2.75, 3.05) is 19.6 Å². The van der Waals surface area contributed by atoms with Crippen LogP contribution in [0.4, 0.5) is 13.2 Å². The van der Waals surface area contributed by atoms with Crippen LogP contribution in [0, 0.1) is 23.4 Å². The van der Waals surface area contributed by atoms with Crippen molar-refractivity contribution >= 4 is 11.8 Å². The molecule has 1 aromatic rings. The number of carbonyl (C=O) groups is 2. The zero-order valence-electron chi connectivity index (χ0n) is 15.8. The van der Waals surface area contributed by atoms with Gasteiger partial charge < -0.3 is 21.1 Å². The molecule has 0 spiro atoms. The summed E-state index contributed by atoms with van der Waals surface area (Å²) in [5, 5.41) is 11.6. The highest BCUT2D eigenvalue weighted by Crippen LogP contribution is 2.24. The smallest absolute Gasteiger partial charge is 0.232 e. The Morgan fingerprint density at radius 1 is 1.21 bits per heavy atom. The van der Waals surface area contributed by atoms with Crippen LogP contribution in [0.5, 0.6) is 0 Å². The molecular formula is C19H26F3N3O3. The average molecular weight is 401 g/mol. The fourth-order valence-corrected chi connectivity index (χ4v) is 3.29. The molecule has 2 amide bonds. The Morgan fingerprint density at radius 2 is 1.82 bits per heavy atom. The number of likely N-dealkylation sites (tertiary alicyclic amines) is 1. The molecule has 0 aliphatic carbocycles. The average Bonchev–Trinajstić information content (AvgIpc) is 2.64. The second kappa shape index (κ2) is 9.88. The van der Waals surface area contributed by atoms with Gasteiger partial charge in [0.15, 0.2) is 11.6 Å². The summed E-state index contributed by atoms with van der Waals surface area (Å²) >= 11 is 0. The first-order chi connectivity index (χ1) is 13.2. The van der Waals surface area contributed by atoms with Crippen molar-refractivity contribution in [3.63, 3.8) is 0 Å². The summed E-state index contributed by atoms with van der Waals surface area (Å²) in [6.45, 7) is 2.45. The summed E-state index contributed by atoms with van der Waals surface area (Å²) in [7, 11) is 0. The van der Waals surface area contributed by atoms with Gasteiger partial charge in [-0.1, -0.05) is 0 Å². The summed E-state index contributed by atoms with van der Waals surface area (Å²) in [5.41, 5.74) is 6.16. The Morgan fingerprint density at radius 3 is 2.43 bits per heavy atom. The number of carbonyl (C=O) groups excluding carboxylic acids is 2. The predicted molar refractivity (Wildman–Crippen MR) is 96.6 cm³/mol. The topological polar surface area (TPSA) is 95.7 Å². The van der Waals surface area contributed by atoms with Crippen LogP contribution >= 0.6 is 0 Å². The minimum absolute atomic E-state index is 0.000583. The van der Waals surface area contributed by atoms with Gasteiger partial charge in [-0.25, -0.2) is 13.2 Å². The Kier molecular flexibility index (Phi) is 7.82. The maximum absolute atomic E-state index is 13.8. The number of nitrogens with one attached hydrogen (secondary N) is 1. The number of hydrogen-bond acceptors (Lipinski definition) is 4. The van der Waals surface area contributed by atoms with E-state index < -0.39 is 35.5 Å². The molecule has 9 heteroatoms. The van der Waals surface area contributed by atoms with Crippen molar-refractivity contribution in [3.05, 3.63) is 35.1 Å². The molecule has 0 aromatic heterocycles. The van der Waals surface area contributed by atoms with Gasteiger partial charge in [0.05, 0.1) is 6.10 Å². The van der Waals surface area contributed by atoms with E-state index in [0.717, 1.165) is 6.07 Å². The van der Waals surface area contributed by atoms with Gasteiger partial charge in [-0.15, -0.1) is 0 Å². The van der Waals surface area contributed by atoms with Crippen LogP contribution in [0.25, 0.3) is 0 Å². The second-order valence-electron chi connectivity index (χ2n) is 7.27. The van der Waals surface area contributed by atoms with E-state index >= 15 is 0 Å². The third-order valence-corrected chi connectivity index (χ3v) is 4.95. The van der Waals surface area contributed by atoms with E-state index in [4.69, 9.17) is 10.8 Å². The number of aliphatic hydroxyl groups is 1. The van der Waals surface area contributed by atoms with Crippen LogP contribution in [0.2, 0.25) is 0 Å². The highest BCUT2D eigenvalue weighted by Gasteiger charge is 2.28. The summed E-state index contributed by atoms with van der Waals surface area (Å²) in [5.74, 6) is -3.93. The Hall–Kier alpha value is -2.13. The van der Waals surface area contributed by atoms with Gasteiger partial charge in [-0.3, -0.25) is 9.59 Å². The molecule has 1 heterocycles. The summed E-state index contributed by atoms with van der Waals surface area (Å²) in [6, 6.07) is 0.891. The molecular weight excluding hydrogens is 375 g/mol. The largest absolute Gasteiger partial charge is 0.392 e. The molecule has 1 fully saturated rings. The third-order valence-electron chi connectivity index (χ3n) is 4.95. The summed E-state index contributed by atoms with van der Waals surface area (Å²) < 4.78 is 40.1. The van der Waals surface area contributed by atoms with Crippen LogP contribution in [0.3, 0.4) is 0 Å². The second-order valence-corrected chi connectivity index (χ2v) is 7.27. The zero-order chi connectivity index (χ0) is 20.8. The van der Waals surface area contributed by atoms with Crippen molar-refractivity contribution in [1.29, 1.82) is 0 Å². The van der Waals surface area contributed by atoms with Gasteiger partial charge in [0.2, 0.25) is 11.8 Å². The Bertz CT molecular complexity index is 707. The van der Waals surface area contributed by atoms with E-state index in [9.17, 15) is 22.8 Å². The molecule has 0 radical (unpaired) electrons. The van der Waals surface area contributed by atoms with Crippen LogP contribution in [-0.2, 0) is 16.0 Å². The molecule has 2 unspecified atom stereocenters. The van der Waals surface area contributed by atoms with E-state index in [-0.39, 0.29) is 36.8 Å². The summed E-state index contributed by atoms with van der Waals surface area (Å²) in [4.78, 5) is 25.4. The standard InChI is InChI=1S/C19H26F3N3O3/c1-11(26)10-24-18(27)9-19(28)25-4-2-12(3-5-25)17(23)7-13-6-15(21)16(22)8-14(13)20/h6,8,11-12,17,26H,2-5,7,9-10,23H2,1H3,(H,24,27). The molecule has 2 rings (SSSR count). The van der Waals surface area contributed by atoms with Crippen molar-refractivity contribution in [2.24, 2.45) is 11.7 Å². The minimum Gasteiger partial charge on any atom is -0.392 e.